The Morgan fingerprint density at radius 2 is 2.00 bits per heavy atom. The van der Waals surface area contributed by atoms with Gasteiger partial charge >= 0.3 is 5.97 Å². The quantitative estimate of drug-likeness (QED) is 0.648. The van der Waals surface area contributed by atoms with Crippen molar-refractivity contribution in [2.75, 3.05) is 13.2 Å². The molecule has 1 atom stereocenters. The molecule has 0 bridgehead atoms. The van der Waals surface area contributed by atoms with Crippen molar-refractivity contribution in [3.05, 3.63) is 29.8 Å². The zero-order valence-electron chi connectivity index (χ0n) is 12.4. The average Bonchev–Trinajstić information content (AvgIpc) is 2.41. The molecule has 6 heteroatoms. The molecule has 0 saturated heterocycles. The lowest BCUT2D eigenvalue weighted by Crippen LogP contribution is -2.35. The van der Waals surface area contributed by atoms with Gasteiger partial charge < -0.3 is 20.3 Å². The lowest BCUT2D eigenvalue weighted by atomic mass is 10.1. The molecule has 1 aromatic carbocycles. The van der Waals surface area contributed by atoms with Crippen LogP contribution in [0.3, 0.4) is 0 Å². The zero-order valence-corrected chi connectivity index (χ0v) is 13.2. The van der Waals surface area contributed by atoms with Crippen LogP contribution in [0.2, 0.25) is 0 Å². The molecule has 1 aromatic rings. The molecule has 0 aliphatic heterocycles. The molecule has 0 spiro atoms. The Kier molecular flexibility index (Phi) is 9.78. The van der Waals surface area contributed by atoms with E-state index in [0.29, 0.717) is 24.8 Å². The van der Waals surface area contributed by atoms with Crippen molar-refractivity contribution in [2.24, 2.45) is 0 Å². The first-order valence-electron chi connectivity index (χ1n) is 6.83. The minimum absolute atomic E-state index is 0. The molecule has 0 aliphatic carbocycles. The van der Waals surface area contributed by atoms with Crippen molar-refractivity contribution in [3.8, 4) is 5.75 Å². The molecular formula is C15H24ClNO4. The molecule has 0 amide bonds. The van der Waals surface area contributed by atoms with Crippen LogP contribution in [0, 0.1) is 0 Å². The first kappa shape index (κ1) is 19.7. The third-order valence-electron chi connectivity index (χ3n) is 2.77. The lowest BCUT2D eigenvalue weighted by molar-refractivity contribution is -0.136. The summed E-state index contributed by atoms with van der Waals surface area (Å²) in [4.78, 5) is 10.6. The first-order chi connectivity index (χ1) is 9.49. The van der Waals surface area contributed by atoms with Gasteiger partial charge in [0.2, 0.25) is 0 Å². The monoisotopic (exact) mass is 317 g/mol. The van der Waals surface area contributed by atoms with Crippen LogP contribution < -0.4 is 10.1 Å². The molecule has 0 aromatic heterocycles. The minimum atomic E-state index is -0.832. The Labute approximate surface area is 131 Å². The number of aliphatic carboxylic acids is 1. The third-order valence-corrected chi connectivity index (χ3v) is 2.77. The standard InChI is InChI=1S/C15H23NO4.ClH/c1-11(2)16-9-13(17)10-20-14-6-4-3-5-12(14)7-8-15(18)19;/h3-6,11,13,16-17H,7-10H2,1-2H3,(H,18,19);1H/t13-;/m0./s1. The van der Waals surface area contributed by atoms with E-state index in [1.807, 2.05) is 32.0 Å². The fourth-order valence-electron chi connectivity index (χ4n) is 1.71. The highest BCUT2D eigenvalue weighted by Gasteiger charge is 2.09. The van der Waals surface area contributed by atoms with E-state index in [0.717, 1.165) is 5.56 Å². The molecule has 5 nitrogen and oxygen atoms in total. The second-order valence-corrected chi connectivity index (χ2v) is 5.03. The highest BCUT2D eigenvalue weighted by molar-refractivity contribution is 5.85. The fraction of sp³-hybridized carbons (Fsp3) is 0.533. The maximum atomic E-state index is 10.6. The van der Waals surface area contributed by atoms with Crippen molar-refractivity contribution in [2.45, 2.75) is 38.8 Å². The van der Waals surface area contributed by atoms with Crippen LogP contribution in [-0.4, -0.2) is 41.5 Å². The van der Waals surface area contributed by atoms with Gasteiger partial charge in [-0.25, -0.2) is 0 Å². The van der Waals surface area contributed by atoms with Gasteiger partial charge in [-0.1, -0.05) is 32.0 Å². The van der Waals surface area contributed by atoms with Gasteiger partial charge in [-0.15, -0.1) is 12.4 Å². The van der Waals surface area contributed by atoms with Gasteiger partial charge in [-0.05, 0) is 18.1 Å². The third kappa shape index (κ3) is 8.55. The fourth-order valence-corrected chi connectivity index (χ4v) is 1.71. The molecule has 0 aliphatic rings. The predicted octanol–water partition coefficient (Wildman–Crippen LogP) is 1.86. The van der Waals surface area contributed by atoms with Crippen LogP contribution in [0.15, 0.2) is 24.3 Å². The van der Waals surface area contributed by atoms with Crippen LogP contribution in [0.1, 0.15) is 25.8 Å². The number of ether oxygens (including phenoxy) is 1. The molecule has 120 valence electrons. The van der Waals surface area contributed by atoms with E-state index in [4.69, 9.17) is 9.84 Å². The van der Waals surface area contributed by atoms with Gasteiger partial charge in [0.05, 0.1) is 0 Å². The van der Waals surface area contributed by atoms with E-state index in [-0.39, 0.29) is 25.4 Å². The minimum Gasteiger partial charge on any atom is -0.491 e. The normalized spacial score (nSPS) is 11.8. The molecule has 0 radical (unpaired) electrons. The van der Waals surface area contributed by atoms with E-state index >= 15 is 0 Å². The number of hydrogen-bond donors (Lipinski definition) is 3. The van der Waals surface area contributed by atoms with Crippen molar-refractivity contribution in [1.29, 1.82) is 0 Å². The predicted molar refractivity (Wildman–Crippen MR) is 84.3 cm³/mol. The lowest BCUT2D eigenvalue weighted by Gasteiger charge is -2.16. The van der Waals surface area contributed by atoms with E-state index in [1.54, 1.807) is 6.07 Å². The maximum absolute atomic E-state index is 10.6. The van der Waals surface area contributed by atoms with Crippen molar-refractivity contribution in [1.82, 2.24) is 5.32 Å². The van der Waals surface area contributed by atoms with Gasteiger partial charge in [0.25, 0.3) is 0 Å². The molecule has 0 heterocycles. The summed E-state index contributed by atoms with van der Waals surface area (Å²) in [5, 5.41) is 21.6. The van der Waals surface area contributed by atoms with Gasteiger partial charge in [-0.3, -0.25) is 4.79 Å². The summed E-state index contributed by atoms with van der Waals surface area (Å²) in [7, 11) is 0. The smallest absolute Gasteiger partial charge is 0.303 e. The Morgan fingerprint density at radius 1 is 1.33 bits per heavy atom. The molecule has 0 saturated carbocycles. The molecule has 0 unspecified atom stereocenters. The number of carboxylic acids is 1. The number of para-hydroxylation sites is 1. The second kappa shape index (κ2) is 10.4. The maximum Gasteiger partial charge on any atom is 0.303 e. The Morgan fingerprint density at radius 3 is 2.62 bits per heavy atom. The first-order valence-corrected chi connectivity index (χ1v) is 6.83. The number of aliphatic hydroxyl groups excluding tert-OH is 1. The summed E-state index contributed by atoms with van der Waals surface area (Å²) in [5.41, 5.74) is 0.846. The molecule has 1 rings (SSSR count). The van der Waals surface area contributed by atoms with Crippen LogP contribution in [0.25, 0.3) is 0 Å². The number of nitrogens with one attached hydrogen (secondary N) is 1. The Bertz CT molecular complexity index is 426. The topological polar surface area (TPSA) is 78.8 Å². The Balaban J connectivity index is 0.00000400. The highest BCUT2D eigenvalue weighted by atomic mass is 35.5. The number of rotatable bonds is 9. The van der Waals surface area contributed by atoms with Gasteiger partial charge in [-0.2, -0.15) is 0 Å². The summed E-state index contributed by atoms with van der Waals surface area (Å²) in [5.74, 6) is -0.196. The SMILES string of the molecule is CC(C)NC[C@H](O)COc1ccccc1CCC(=O)O.Cl. The van der Waals surface area contributed by atoms with E-state index < -0.39 is 12.1 Å². The van der Waals surface area contributed by atoms with Crippen LogP contribution in [-0.2, 0) is 11.2 Å². The van der Waals surface area contributed by atoms with Crippen molar-refractivity contribution in [3.63, 3.8) is 0 Å². The number of carbonyl (C=O) groups is 1. The number of aliphatic hydroxyl groups is 1. The molecule has 0 fully saturated rings. The Hall–Kier alpha value is -1.30. The molecular weight excluding hydrogens is 294 g/mol. The average molecular weight is 318 g/mol. The van der Waals surface area contributed by atoms with Crippen LogP contribution in [0.4, 0.5) is 0 Å². The van der Waals surface area contributed by atoms with E-state index in [1.165, 1.54) is 0 Å². The van der Waals surface area contributed by atoms with E-state index in [2.05, 4.69) is 5.32 Å². The number of hydrogen-bond acceptors (Lipinski definition) is 4. The summed E-state index contributed by atoms with van der Waals surface area (Å²) in [6.07, 6.45) is -0.103. The molecule has 21 heavy (non-hydrogen) atoms. The number of benzene rings is 1. The molecule has 3 N–H and O–H groups in total. The summed E-state index contributed by atoms with van der Waals surface area (Å²) in [6.45, 7) is 4.67. The largest absolute Gasteiger partial charge is 0.491 e. The summed E-state index contributed by atoms with van der Waals surface area (Å²) >= 11 is 0. The number of aryl methyl sites for hydroxylation is 1. The number of carboxylic acid groups (broad SMARTS) is 1. The van der Waals surface area contributed by atoms with Crippen molar-refractivity contribution < 1.29 is 19.7 Å². The van der Waals surface area contributed by atoms with Crippen LogP contribution in [0.5, 0.6) is 5.75 Å². The van der Waals surface area contributed by atoms with E-state index in [9.17, 15) is 9.90 Å². The van der Waals surface area contributed by atoms with Gasteiger partial charge in [0, 0.05) is 19.0 Å². The number of halogens is 1. The van der Waals surface area contributed by atoms with Crippen LogP contribution >= 0.6 is 12.4 Å². The van der Waals surface area contributed by atoms with Crippen molar-refractivity contribution >= 4 is 18.4 Å². The summed E-state index contributed by atoms with van der Waals surface area (Å²) < 4.78 is 5.58. The van der Waals surface area contributed by atoms with Gasteiger partial charge in [0.1, 0.15) is 18.5 Å². The highest BCUT2D eigenvalue weighted by Crippen LogP contribution is 2.19. The second-order valence-electron chi connectivity index (χ2n) is 5.03. The zero-order chi connectivity index (χ0) is 15.0. The van der Waals surface area contributed by atoms with Gasteiger partial charge in [0.15, 0.2) is 0 Å². The summed E-state index contributed by atoms with van der Waals surface area (Å²) in [6, 6.07) is 7.63.